The molecule has 2 atom stereocenters. The largest absolute Gasteiger partial charge is 0.423 e. The van der Waals surface area contributed by atoms with Gasteiger partial charge >= 0.3 is 0 Å². The number of aromatic nitrogens is 2. The Hall–Kier alpha value is -0.940. The van der Waals surface area contributed by atoms with E-state index in [9.17, 15) is 0 Å². The van der Waals surface area contributed by atoms with E-state index in [4.69, 9.17) is 10.2 Å². The molecule has 1 aliphatic heterocycles. The maximum absolute atomic E-state index is 5.99. The van der Waals surface area contributed by atoms with Crippen LogP contribution in [0.15, 0.2) is 4.42 Å². The van der Waals surface area contributed by atoms with Crippen LogP contribution in [0, 0.1) is 5.92 Å². The minimum absolute atomic E-state index is 0.0834. The predicted octanol–water partition coefficient (Wildman–Crippen LogP) is 1.15. The van der Waals surface area contributed by atoms with Gasteiger partial charge in [-0.3, -0.25) is 4.90 Å². The van der Waals surface area contributed by atoms with E-state index in [2.05, 4.69) is 42.8 Å². The van der Waals surface area contributed by atoms with Crippen molar-refractivity contribution in [2.75, 3.05) is 13.1 Å². The molecule has 0 bridgehead atoms. The number of likely N-dealkylation sites (tertiary alicyclic amines) is 1. The van der Waals surface area contributed by atoms with Gasteiger partial charge in [0.25, 0.3) is 0 Å². The van der Waals surface area contributed by atoms with E-state index < -0.39 is 0 Å². The van der Waals surface area contributed by atoms with Crippen LogP contribution >= 0.6 is 0 Å². The summed E-state index contributed by atoms with van der Waals surface area (Å²) >= 11 is 0. The summed E-state index contributed by atoms with van der Waals surface area (Å²) in [6.07, 6.45) is 0. The molecule has 0 spiro atoms. The van der Waals surface area contributed by atoms with Crippen LogP contribution < -0.4 is 5.73 Å². The Balaban J connectivity index is 1.98. The second-order valence-corrected chi connectivity index (χ2v) is 6.09. The molecule has 1 aliphatic rings. The van der Waals surface area contributed by atoms with E-state index in [-0.39, 0.29) is 11.5 Å². The van der Waals surface area contributed by atoms with Gasteiger partial charge in [-0.15, -0.1) is 10.2 Å². The summed E-state index contributed by atoms with van der Waals surface area (Å²) in [6.45, 7) is 11.0. The average molecular weight is 238 g/mol. The lowest BCUT2D eigenvalue weighted by Crippen LogP contribution is -2.28. The van der Waals surface area contributed by atoms with Crippen molar-refractivity contribution < 1.29 is 4.42 Å². The maximum Gasteiger partial charge on any atom is 0.230 e. The summed E-state index contributed by atoms with van der Waals surface area (Å²) in [5.41, 5.74) is 5.91. The number of hydrogen-bond acceptors (Lipinski definition) is 5. The molecule has 2 N–H and O–H groups in total. The van der Waals surface area contributed by atoms with Crippen molar-refractivity contribution in [1.29, 1.82) is 0 Å². The quantitative estimate of drug-likeness (QED) is 0.837. The van der Waals surface area contributed by atoms with Crippen LogP contribution in [0.5, 0.6) is 0 Å². The van der Waals surface area contributed by atoms with Crippen LogP contribution in [0.2, 0.25) is 0 Å². The monoisotopic (exact) mass is 238 g/mol. The lowest BCUT2D eigenvalue weighted by atomic mass is 9.97. The molecular formula is C12H22N4O. The number of hydrogen-bond donors (Lipinski definition) is 1. The SMILES string of the molecule is CC1CN(Cc2nnc(C(C)(C)C)o2)CC1N. The predicted molar refractivity (Wildman–Crippen MR) is 65.4 cm³/mol. The lowest BCUT2D eigenvalue weighted by Gasteiger charge is -2.13. The molecule has 5 nitrogen and oxygen atoms in total. The van der Waals surface area contributed by atoms with E-state index in [1.807, 2.05) is 0 Å². The van der Waals surface area contributed by atoms with Crippen molar-refractivity contribution in [3.63, 3.8) is 0 Å². The standard InChI is InChI=1S/C12H22N4O/c1-8-5-16(6-9(8)13)7-10-14-15-11(17-10)12(2,3)4/h8-9H,5-7,13H2,1-4H3. The molecule has 2 heterocycles. The van der Waals surface area contributed by atoms with Gasteiger partial charge in [-0.1, -0.05) is 27.7 Å². The zero-order valence-electron chi connectivity index (χ0n) is 11.1. The minimum atomic E-state index is -0.0834. The molecule has 2 unspecified atom stereocenters. The highest BCUT2D eigenvalue weighted by Crippen LogP contribution is 2.22. The first-order valence-electron chi connectivity index (χ1n) is 6.17. The Morgan fingerprint density at radius 1 is 1.35 bits per heavy atom. The highest BCUT2D eigenvalue weighted by molar-refractivity contribution is 4.96. The third-order valence-electron chi connectivity index (χ3n) is 3.21. The van der Waals surface area contributed by atoms with E-state index in [1.165, 1.54) is 0 Å². The van der Waals surface area contributed by atoms with E-state index in [0.717, 1.165) is 13.1 Å². The Bertz CT molecular complexity index is 372. The van der Waals surface area contributed by atoms with Gasteiger partial charge < -0.3 is 10.2 Å². The molecular weight excluding hydrogens is 216 g/mol. The van der Waals surface area contributed by atoms with Crippen molar-refractivity contribution in [1.82, 2.24) is 15.1 Å². The van der Waals surface area contributed by atoms with Crippen LogP contribution in [-0.2, 0) is 12.0 Å². The second-order valence-electron chi connectivity index (χ2n) is 6.09. The van der Waals surface area contributed by atoms with Crippen LogP contribution in [0.4, 0.5) is 0 Å². The highest BCUT2D eigenvalue weighted by Gasteiger charge is 2.28. The minimum Gasteiger partial charge on any atom is -0.423 e. The van der Waals surface area contributed by atoms with Crippen molar-refractivity contribution >= 4 is 0 Å². The molecule has 1 aromatic heterocycles. The molecule has 0 radical (unpaired) electrons. The summed E-state index contributed by atoms with van der Waals surface area (Å²) in [4.78, 5) is 2.27. The summed E-state index contributed by atoms with van der Waals surface area (Å²) in [6, 6.07) is 0.264. The van der Waals surface area contributed by atoms with Gasteiger partial charge in [0.1, 0.15) is 0 Å². The Kier molecular flexibility index (Phi) is 3.23. The highest BCUT2D eigenvalue weighted by atomic mass is 16.4. The van der Waals surface area contributed by atoms with Gasteiger partial charge in [-0.2, -0.15) is 0 Å². The third kappa shape index (κ3) is 2.84. The maximum atomic E-state index is 5.99. The molecule has 1 aromatic rings. The van der Waals surface area contributed by atoms with Crippen molar-refractivity contribution in [2.24, 2.45) is 11.7 Å². The average Bonchev–Trinajstić information content (AvgIpc) is 2.75. The fraction of sp³-hybridized carbons (Fsp3) is 0.833. The van der Waals surface area contributed by atoms with Crippen molar-refractivity contribution in [3.8, 4) is 0 Å². The summed E-state index contributed by atoms with van der Waals surface area (Å²) in [5.74, 6) is 1.93. The molecule has 0 aromatic carbocycles. The molecule has 5 heteroatoms. The zero-order valence-corrected chi connectivity index (χ0v) is 11.1. The third-order valence-corrected chi connectivity index (χ3v) is 3.21. The normalized spacial score (nSPS) is 26.6. The van der Waals surface area contributed by atoms with E-state index in [0.29, 0.717) is 24.2 Å². The van der Waals surface area contributed by atoms with Crippen LogP contribution in [0.3, 0.4) is 0 Å². The molecule has 96 valence electrons. The zero-order chi connectivity index (χ0) is 12.6. The number of nitrogens with two attached hydrogens (primary N) is 1. The van der Waals surface area contributed by atoms with E-state index in [1.54, 1.807) is 0 Å². The lowest BCUT2D eigenvalue weighted by molar-refractivity contribution is 0.269. The Labute approximate surface area is 102 Å². The molecule has 17 heavy (non-hydrogen) atoms. The first-order chi connectivity index (χ1) is 7.86. The Morgan fingerprint density at radius 2 is 2.06 bits per heavy atom. The molecule has 0 aliphatic carbocycles. The van der Waals surface area contributed by atoms with E-state index >= 15 is 0 Å². The van der Waals surface area contributed by atoms with Crippen molar-refractivity contribution in [3.05, 3.63) is 11.8 Å². The van der Waals surface area contributed by atoms with Crippen molar-refractivity contribution in [2.45, 2.75) is 45.7 Å². The van der Waals surface area contributed by atoms with Crippen LogP contribution in [0.1, 0.15) is 39.5 Å². The second kappa shape index (κ2) is 4.38. The summed E-state index contributed by atoms with van der Waals surface area (Å²) < 4.78 is 5.68. The smallest absolute Gasteiger partial charge is 0.230 e. The fourth-order valence-corrected chi connectivity index (χ4v) is 2.04. The van der Waals surface area contributed by atoms with Gasteiger partial charge in [-0.05, 0) is 5.92 Å². The number of rotatable bonds is 2. The Morgan fingerprint density at radius 3 is 2.53 bits per heavy atom. The molecule has 0 amide bonds. The van der Waals surface area contributed by atoms with Gasteiger partial charge in [-0.25, -0.2) is 0 Å². The van der Waals surface area contributed by atoms with Crippen LogP contribution in [-0.4, -0.2) is 34.2 Å². The molecule has 1 saturated heterocycles. The molecule has 1 fully saturated rings. The first kappa shape index (κ1) is 12.5. The fourth-order valence-electron chi connectivity index (χ4n) is 2.04. The van der Waals surface area contributed by atoms with Gasteiger partial charge in [0.05, 0.1) is 6.54 Å². The molecule has 2 rings (SSSR count). The topological polar surface area (TPSA) is 68.2 Å². The first-order valence-corrected chi connectivity index (χ1v) is 6.17. The summed E-state index contributed by atoms with van der Waals surface area (Å²) in [7, 11) is 0. The van der Waals surface area contributed by atoms with Gasteiger partial charge in [0, 0.05) is 24.5 Å². The number of nitrogens with zero attached hydrogens (tertiary/aromatic N) is 3. The molecule has 0 saturated carbocycles. The van der Waals surface area contributed by atoms with Gasteiger partial charge in [0.2, 0.25) is 11.8 Å². The van der Waals surface area contributed by atoms with Crippen LogP contribution in [0.25, 0.3) is 0 Å². The van der Waals surface area contributed by atoms with Gasteiger partial charge in [0.15, 0.2) is 0 Å². The summed E-state index contributed by atoms with van der Waals surface area (Å²) in [5, 5.41) is 8.19.